The van der Waals surface area contributed by atoms with Gasteiger partial charge in [-0.25, -0.2) is 4.67 Å². The first-order chi connectivity index (χ1) is 9.88. The minimum absolute atomic E-state index is 0.0161. The largest absolute Gasteiger partial charge is 0.316 e. The van der Waals surface area contributed by atoms with Gasteiger partial charge in [0.05, 0.1) is 11.8 Å². The first kappa shape index (κ1) is 19.4. The van der Waals surface area contributed by atoms with Gasteiger partial charge in [0.1, 0.15) is 0 Å². The molecule has 22 heavy (non-hydrogen) atoms. The molecular weight excluding hydrogens is 293 g/mol. The minimum atomic E-state index is -2.98. The van der Waals surface area contributed by atoms with Crippen molar-refractivity contribution in [3.63, 3.8) is 0 Å². The van der Waals surface area contributed by atoms with Crippen molar-refractivity contribution >= 4 is 7.52 Å². The molecule has 0 spiro atoms. The predicted molar refractivity (Wildman–Crippen MR) is 95.4 cm³/mol. The van der Waals surface area contributed by atoms with Crippen molar-refractivity contribution in [2.24, 2.45) is 5.41 Å². The molecule has 0 saturated heterocycles. The topological polar surface area (TPSA) is 29.5 Å². The Morgan fingerprint density at radius 2 is 1.59 bits per heavy atom. The summed E-state index contributed by atoms with van der Waals surface area (Å²) in [7, 11) is -1.07. The monoisotopic (exact) mass is 325 g/mol. The van der Waals surface area contributed by atoms with Crippen LogP contribution < -0.4 is 0 Å². The Hall–Kier alpha value is -0.630. The van der Waals surface area contributed by atoms with Gasteiger partial charge in [-0.2, -0.15) is 0 Å². The zero-order chi connectivity index (χ0) is 17.2. The standard InChI is InChI=1S/C18H32NO2P/c1-15(16-12-10-9-11-13-16)19(8)22(20,18(5,6)7)21-14-17(2,3)4/h9-13,15H,14H2,1-8H3/t15-,22?/m1/s1. The summed E-state index contributed by atoms with van der Waals surface area (Å²) >= 11 is 0. The molecule has 0 aliphatic carbocycles. The second-order valence-corrected chi connectivity index (χ2v) is 11.5. The summed E-state index contributed by atoms with van der Waals surface area (Å²) in [5.74, 6) is 0. The van der Waals surface area contributed by atoms with Crippen molar-refractivity contribution in [3.8, 4) is 0 Å². The predicted octanol–water partition coefficient (Wildman–Crippen LogP) is 5.73. The van der Waals surface area contributed by atoms with Gasteiger partial charge in [0.25, 0.3) is 7.52 Å². The molecule has 0 aromatic heterocycles. The van der Waals surface area contributed by atoms with E-state index >= 15 is 0 Å². The van der Waals surface area contributed by atoms with Gasteiger partial charge in [0, 0.05) is 6.04 Å². The van der Waals surface area contributed by atoms with E-state index in [1.807, 2.05) is 50.7 Å². The van der Waals surface area contributed by atoms with Crippen LogP contribution in [0.5, 0.6) is 0 Å². The zero-order valence-corrected chi connectivity index (χ0v) is 16.3. The maximum absolute atomic E-state index is 13.7. The Bertz CT molecular complexity index is 514. The van der Waals surface area contributed by atoms with Gasteiger partial charge >= 0.3 is 0 Å². The van der Waals surface area contributed by atoms with Crippen molar-refractivity contribution in [1.82, 2.24) is 4.67 Å². The third kappa shape index (κ3) is 4.68. The third-order valence-electron chi connectivity index (χ3n) is 3.78. The van der Waals surface area contributed by atoms with Crippen LogP contribution in [-0.4, -0.2) is 23.5 Å². The molecule has 0 radical (unpaired) electrons. The summed E-state index contributed by atoms with van der Waals surface area (Å²) in [6, 6.07) is 10.2. The fraction of sp³-hybridized carbons (Fsp3) is 0.667. The molecular formula is C18H32NO2P. The molecule has 3 nitrogen and oxygen atoms in total. The number of hydrogen-bond acceptors (Lipinski definition) is 2. The Balaban J connectivity index is 3.09. The SMILES string of the molecule is C[C@H](c1ccccc1)N(C)P(=O)(OCC(C)(C)C)C(C)(C)C. The van der Waals surface area contributed by atoms with Gasteiger partial charge in [-0.3, -0.25) is 4.57 Å². The molecule has 0 saturated carbocycles. The summed E-state index contributed by atoms with van der Waals surface area (Å²) in [6.07, 6.45) is 0. The van der Waals surface area contributed by atoms with Crippen LogP contribution in [0.2, 0.25) is 0 Å². The van der Waals surface area contributed by atoms with Crippen molar-refractivity contribution in [2.75, 3.05) is 13.7 Å². The Labute approximate surface area is 136 Å². The Kier molecular flexibility index (Phi) is 6.06. The number of hydrogen-bond donors (Lipinski definition) is 0. The van der Waals surface area contributed by atoms with Crippen LogP contribution >= 0.6 is 7.52 Å². The molecule has 4 heteroatoms. The van der Waals surface area contributed by atoms with E-state index in [1.165, 1.54) is 0 Å². The zero-order valence-electron chi connectivity index (χ0n) is 15.4. The van der Waals surface area contributed by atoms with Gasteiger partial charge in [-0.1, -0.05) is 51.1 Å². The number of nitrogens with zero attached hydrogens (tertiary/aromatic N) is 1. The first-order valence-corrected chi connectivity index (χ1v) is 9.49. The highest BCUT2D eigenvalue weighted by atomic mass is 31.2. The van der Waals surface area contributed by atoms with E-state index in [0.717, 1.165) is 5.56 Å². The van der Waals surface area contributed by atoms with E-state index in [9.17, 15) is 4.57 Å². The Morgan fingerprint density at radius 1 is 1.09 bits per heavy atom. The number of rotatable bonds is 5. The number of benzene rings is 1. The van der Waals surface area contributed by atoms with Gasteiger partial charge in [0.2, 0.25) is 0 Å². The molecule has 0 heterocycles. The molecule has 1 aromatic carbocycles. The molecule has 0 amide bonds. The molecule has 1 rings (SSSR count). The first-order valence-electron chi connectivity index (χ1n) is 7.91. The third-order valence-corrected chi connectivity index (χ3v) is 7.13. The molecule has 126 valence electrons. The van der Waals surface area contributed by atoms with E-state index in [2.05, 4.69) is 39.8 Å². The fourth-order valence-electron chi connectivity index (χ4n) is 2.21. The highest BCUT2D eigenvalue weighted by molar-refractivity contribution is 7.58. The van der Waals surface area contributed by atoms with Gasteiger partial charge in [-0.05, 0) is 45.7 Å². The van der Waals surface area contributed by atoms with Crippen LogP contribution in [0.4, 0.5) is 0 Å². The maximum Gasteiger partial charge on any atom is 0.277 e. The normalized spacial score (nSPS) is 17.3. The smallest absolute Gasteiger partial charge is 0.277 e. The van der Waals surface area contributed by atoms with Crippen LogP contribution in [0.3, 0.4) is 0 Å². The lowest BCUT2D eigenvalue weighted by molar-refractivity contribution is 0.167. The van der Waals surface area contributed by atoms with E-state index in [1.54, 1.807) is 0 Å². The lowest BCUT2D eigenvalue weighted by Gasteiger charge is -2.41. The molecule has 2 atom stereocenters. The van der Waals surface area contributed by atoms with Crippen molar-refractivity contribution in [1.29, 1.82) is 0 Å². The molecule has 0 aliphatic heterocycles. The molecule has 0 fully saturated rings. The summed E-state index contributed by atoms with van der Waals surface area (Å²) in [5.41, 5.74) is 1.13. The molecule has 1 unspecified atom stereocenters. The lowest BCUT2D eigenvalue weighted by atomic mass is 9.99. The minimum Gasteiger partial charge on any atom is -0.316 e. The molecule has 0 N–H and O–H groups in total. The van der Waals surface area contributed by atoms with E-state index in [-0.39, 0.29) is 11.5 Å². The average Bonchev–Trinajstić information content (AvgIpc) is 2.42. The van der Waals surface area contributed by atoms with E-state index in [4.69, 9.17) is 4.52 Å². The molecule has 1 aromatic rings. The highest BCUT2D eigenvalue weighted by Crippen LogP contribution is 2.63. The van der Waals surface area contributed by atoms with Crippen LogP contribution in [0.25, 0.3) is 0 Å². The lowest BCUT2D eigenvalue weighted by Crippen LogP contribution is -2.32. The molecule has 0 bridgehead atoms. The Morgan fingerprint density at radius 3 is 2.00 bits per heavy atom. The van der Waals surface area contributed by atoms with Crippen molar-refractivity contribution in [3.05, 3.63) is 35.9 Å². The fourth-order valence-corrected chi connectivity index (χ4v) is 4.88. The van der Waals surface area contributed by atoms with Gasteiger partial charge in [0.15, 0.2) is 0 Å². The van der Waals surface area contributed by atoms with Crippen LogP contribution in [0.1, 0.15) is 60.1 Å². The van der Waals surface area contributed by atoms with Gasteiger partial charge in [-0.15, -0.1) is 0 Å². The quantitative estimate of drug-likeness (QED) is 0.647. The summed E-state index contributed by atoms with van der Waals surface area (Å²) in [5, 5.41) is -0.434. The average molecular weight is 325 g/mol. The van der Waals surface area contributed by atoms with Crippen LogP contribution in [-0.2, 0) is 9.09 Å². The second kappa shape index (κ2) is 6.86. The van der Waals surface area contributed by atoms with E-state index < -0.39 is 12.7 Å². The maximum atomic E-state index is 13.7. The summed E-state index contributed by atoms with van der Waals surface area (Å²) in [4.78, 5) is 0. The summed E-state index contributed by atoms with van der Waals surface area (Å²) < 4.78 is 21.7. The van der Waals surface area contributed by atoms with E-state index in [0.29, 0.717) is 6.61 Å². The second-order valence-electron chi connectivity index (χ2n) is 8.19. The molecule has 0 aliphatic rings. The van der Waals surface area contributed by atoms with Crippen LogP contribution in [0, 0.1) is 5.41 Å². The van der Waals surface area contributed by atoms with Crippen molar-refractivity contribution in [2.45, 2.75) is 59.7 Å². The highest BCUT2D eigenvalue weighted by Gasteiger charge is 2.44. The van der Waals surface area contributed by atoms with Crippen molar-refractivity contribution < 1.29 is 9.09 Å². The van der Waals surface area contributed by atoms with Gasteiger partial charge < -0.3 is 4.52 Å². The summed E-state index contributed by atoms with van der Waals surface area (Å²) in [6.45, 7) is 14.8. The van der Waals surface area contributed by atoms with Crippen LogP contribution in [0.15, 0.2) is 30.3 Å².